The number of pyridine rings is 1. The zero-order valence-electron chi connectivity index (χ0n) is 12.1. The van der Waals surface area contributed by atoms with Crippen LogP contribution in [-0.4, -0.2) is 33.0 Å². The van der Waals surface area contributed by atoms with Crippen LogP contribution < -0.4 is 0 Å². The van der Waals surface area contributed by atoms with E-state index in [0.29, 0.717) is 6.54 Å². The molecule has 0 radical (unpaired) electrons. The third-order valence-electron chi connectivity index (χ3n) is 3.38. The smallest absolute Gasteiger partial charge is 0.317 e. The zero-order chi connectivity index (χ0) is 14.8. The number of fused-ring (bicyclic) bond motifs is 1. The third kappa shape index (κ3) is 3.33. The number of carboxylic acids is 1. The summed E-state index contributed by atoms with van der Waals surface area (Å²) < 4.78 is 0. The molecule has 0 spiro atoms. The van der Waals surface area contributed by atoms with Crippen LogP contribution in [0.1, 0.15) is 26.3 Å². The first-order valence-corrected chi connectivity index (χ1v) is 6.67. The number of hydrogen-bond acceptors (Lipinski definition) is 3. The van der Waals surface area contributed by atoms with Crippen molar-refractivity contribution in [3.05, 3.63) is 42.1 Å². The third-order valence-corrected chi connectivity index (χ3v) is 3.38. The van der Waals surface area contributed by atoms with Gasteiger partial charge in [-0.25, -0.2) is 0 Å². The van der Waals surface area contributed by atoms with Gasteiger partial charge in [-0.3, -0.25) is 14.7 Å². The van der Waals surface area contributed by atoms with Crippen LogP contribution in [0.15, 0.2) is 36.5 Å². The first-order valence-electron chi connectivity index (χ1n) is 6.67. The summed E-state index contributed by atoms with van der Waals surface area (Å²) in [6, 6.07) is 9.89. The van der Waals surface area contributed by atoms with Gasteiger partial charge in [-0.05, 0) is 38.5 Å². The Bertz CT molecular complexity index is 612. The highest BCUT2D eigenvalue weighted by Gasteiger charge is 2.24. The number of carbonyl (C=O) groups is 1. The molecule has 1 aromatic heterocycles. The van der Waals surface area contributed by atoms with Crippen LogP contribution >= 0.6 is 0 Å². The Balaban J connectivity index is 2.36. The van der Waals surface area contributed by atoms with Gasteiger partial charge in [-0.1, -0.05) is 18.2 Å². The number of para-hydroxylation sites is 1. The SMILES string of the molecule is CC(C)(C)N(CC(=O)O)Cc1ccnc2ccccc12. The van der Waals surface area contributed by atoms with E-state index in [2.05, 4.69) is 4.98 Å². The molecule has 1 N–H and O–H groups in total. The fourth-order valence-electron chi connectivity index (χ4n) is 2.19. The fraction of sp³-hybridized carbons (Fsp3) is 0.375. The first-order chi connectivity index (χ1) is 9.38. The van der Waals surface area contributed by atoms with Crippen LogP contribution in [0.3, 0.4) is 0 Å². The van der Waals surface area contributed by atoms with Gasteiger partial charge >= 0.3 is 5.97 Å². The number of carboxylic acid groups (broad SMARTS) is 1. The monoisotopic (exact) mass is 272 g/mol. The van der Waals surface area contributed by atoms with Crippen LogP contribution in [0.4, 0.5) is 0 Å². The Morgan fingerprint density at radius 3 is 2.60 bits per heavy atom. The number of nitrogens with zero attached hydrogens (tertiary/aromatic N) is 2. The lowest BCUT2D eigenvalue weighted by Gasteiger charge is -2.34. The Kier molecular flexibility index (Phi) is 4.04. The molecular formula is C16H20N2O2. The van der Waals surface area contributed by atoms with E-state index < -0.39 is 5.97 Å². The van der Waals surface area contributed by atoms with Crippen LogP contribution in [0, 0.1) is 0 Å². The van der Waals surface area contributed by atoms with Gasteiger partial charge in [0, 0.05) is 23.7 Å². The summed E-state index contributed by atoms with van der Waals surface area (Å²) in [5, 5.41) is 10.2. The van der Waals surface area contributed by atoms with Gasteiger partial charge in [0.15, 0.2) is 0 Å². The van der Waals surface area contributed by atoms with Crippen LogP contribution in [-0.2, 0) is 11.3 Å². The standard InChI is InChI=1S/C16H20N2O2/c1-16(2,3)18(11-15(19)20)10-12-8-9-17-14-7-5-4-6-13(12)14/h4-9H,10-11H2,1-3H3,(H,19,20). The van der Waals surface area contributed by atoms with Gasteiger partial charge in [0.2, 0.25) is 0 Å². The van der Waals surface area contributed by atoms with E-state index in [1.54, 1.807) is 6.20 Å². The molecule has 0 aliphatic heterocycles. The zero-order valence-corrected chi connectivity index (χ0v) is 12.1. The molecule has 0 bridgehead atoms. The van der Waals surface area contributed by atoms with Crippen LogP contribution in [0.2, 0.25) is 0 Å². The first kappa shape index (κ1) is 14.5. The Morgan fingerprint density at radius 2 is 1.95 bits per heavy atom. The summed E-state index contributed by atoms with van der Waals surface area (Å²) in [5.41, 5.74) is 1.84. The molecule has 2 aromatic rings. The van der Waals surface area contributed by atoms with Gasteiger partial charge < -0.3 is 5.11 Å². The number of benzene rings is 1. The molecule has 1 heterocycles. The lowest BCUT2D eigenvalue weighted by atomic mass is 10.0. The Hall–Kier alpha value is -1.94. The molecule has 0 aliphatic rings. The molecule has 2 rings (SSSR count). The maximum absolute atomic E-state index is 11.1. The molecule has 4 nitrogen and oxygen atoms in total. The average Bonchev–Trinajstić information content (AvgIpc) is 2.37. The maximum atomic E-state index is 11.1. The molecule has 0 amide bonds. The summed E-state index contributed by atoms with van der Waals surface area (Å²) in [6.07, 6.45) is 1.78. The Morgan fingerprint density at radius 1 is 1.25 bits per heavy atom. The second-order valence-corrected chi connectivity index (χ2v) is 5.91. The summed E-state index contributed by atoms with van der Waals surface area (Å²) >= 11 is 0. The number of rotatable bonds is 4. The summed E-state index contributed by atoms with van der Waals surface area (Å²) in [4.78, 5) is 17.3. The highest BCUT2D eigenvalue weighted by atomic mass is 16.4. The van der Waals surface area contributed by atoms with Gasteiger partial charge in [0.25, 0.3) is 0 Å². The van der Waals surface area contributed by atoms with Crippen molar-refractivity contribution in [3.8, 4) is 0 Å². The second kappa shape index (κ2) is 5.59. The molecule has 0 aliphatic carbocycles. The quantitative estimate of drug-likeness (QED) is 0.929. The predicted molar refractivity (Wildman–Crippen MR) is 79.5 cm³/mol. The summed E-state index contributed by atoms with van der Waals surface area (Å²) in [6.45, 7) is 6.71. The van der Waals surface area contributed by atoms with E-state index in [1.165, 1.54) is 0 Å². The minimum atomic E-state index is -0.807. The molecule has 106 valence electrons. The van der Waals surface area contributed by atoms with E-state index in [0.717, 1.165) is 16.5 Å². The maximum Gasteiger partial charge on any atom is 0.317 e. The fourth-order valence-corrected chi connectivity index (χ4v) is 2.19. The van der Waals surface area contributed by atoms with Crippen molar-refractivity contribution >= 4 is 16.9 Å². The molecule has 20 heavy (non-hydrogen) atoms. The Labute approximate surface area is 119 Å². The molecule has 0 fully saturated rings. The van der Waals surface area contributed by atoms with Gasteiger partial charge in [-0.2, -0.15) is 0 Å². The van der Waals surface area contributed by atoms with Gasteiger partial charge in [0.1, 0.15) is 0 Å². The predicted octanol–water partition coefficient (Wildman–Crippen LogP) is 2.92. The van der Waals surface area contributed by atoms with Gasteiger partial charge in [0.05, 0.1) is 12.1 Å². The lowest BCUT2D eigenvalue weighted by Crippen LogP contribution is -2.43. The van der Waals surface area contributed by atoms with Crippen molar-refractivity contribution in [1.29, 1.82) is 0 Å². The van der Waals surface area contributed by atoms with Crippen molar-refractivity contribution in [2.75, 3.05) is 6.54 Å². The van der Waals surface area contributed by atoms with Gasteiger partial charge in [-0.15, -0.1) is 0 Å². The van der Waals surface area contributed by atoms with E-state index in [4.69, 9.17) is 5.11 Å². The highest BCUT2D eigenvalue weighted by molar-refractivity contribution is 5.81. The van der Waals surface area contributed by atoms with Crippen molar-refractivity contribution in [2.45, 2.75) is 32.9 Å². The minimum Gasteiger partial charge on any atom is -0.480 e. The number of aromatic nitrogens is 1. The topological polar surface area (TPSA) is 53.4 Å². The second-order valence-electron chi connectivity index (χ2n) is 5.91. The summed E-state index contributed by atoms with van der Waals surface area (Å²) in [5.74, 6) is -0.807. The van der Waals surface area contributed by atoms with E-state index >= 15 is 0 Å². The van der Waals surface area contributed by atoms with Crippen molar-refractivity contribution in [1.82, 2.24) is 9.88 Å². The molecule has 0 atom stereocenters. The van der Waals surface area contributed by atoms with Crippen LogP contribution in [0.25, 0.3) is 10.9 Å². The number of aliphatic carboxylic acids is 1. The van der Waals surface area contributed by atoms with E-state index in [-0.39, 0.29) is 12.1 Å². The van der Waals surface area contributed by atoms with Crippen molar-refractivity contribution in [2.24, 2.45) is 0 Å². The molecule has 0 saturated heterocycles. The molecule has 0 unspecified atom stereocenters. The molecule has 1 aromatic carbocycles. The van der Waals surface area contributed by atoms with E-state index in [1.807, 2.05) is 56.0 Å². The number of hydrogen-bond donors (Lipinski definition) is 1. The average molecular weight is 272 g/mol. The minimum absolute atomic E-state index is 0.0279. The van der Waals surface area contributed by atoms with E-state index in [9.17, 15) is 4.79 Å². The lowest BCUT2D eigenvalue weighted by molar-refractivity contribution is -0.139. The molecule has 0 saturated carbocycles. The normalized spacial score (nSPS) is 12.0. The van der Waals surface area contributed by atoms with Crippen molar-refractivity contribution in [3.63, 3.8) is 0 Å². The highest BCUT2D eigenvalue weighted by Crippen LogP contribution is 2.22. The summed E-state index contributed by atoms with van der Waals surface area (Å²) in [7, 11) is 0. The molecule has 4 heteroatoms. The largest absolute Gasteiger partial charge is 0.480 e. The van der Waals surface area contributed by atoms with Crippen LogP contribution in [0.5, 0.6) is 0 Å². The molecular weight excluding hydrogens is 252 g/mol. The van der Waals surface area contributed by atoms with Crippen molar-refractivity contribution < 1.29 is 9.90 Å².